The van der Waals surface area contributed by atoms with Crippen LogP contribution in [0.5, 0.6) is 0 Å². The van der Waals surface area contributed by atoms with Crippen LogP contribution in [0.3, 0.4) is 0 Å². The van der Waals surface area contributed by atoms with Crippen LogP contribution in [-0.4, -0.2) is 4.87 Å². The molecule has 1 heteroatoms. The van der Waals surface area contributed by atoms with E-state index < -0.39 is 4.87 Å². The number of hydrogen-bond acceptors (Lipinski definition) is 0. The molecule has 0 atom stereocenters. The minimum Gasteiger partial charge on any atom is -0.106 e. The van der Waals surface area contributed by atoms with Gasteiger partial charge in [-0.1, -0.05) is 29.5 Å². The quantitative estimate of drug-likeness (QED) is 0.449. The number of aryl methyl sites for hydroxylation is 2. The number of halogens is 1. The van der Waals surface area contributed by atoms with Gasteiger partial charge in [0.05, 0.1) is 4.87 Å². The van der Waals surface area contributed by atoms with Gasteiger partial charge in [-0.05, 0) is 39.3 Å². The van der Waals surface area contributed by atoms with Gasteiger partial charge in [-0.2, -0.15) is 0 Å². The van der Waals surface area contributed by atoms with E-state index >= 15 is 0 Å². The van der Waals surface area contributed by atoms with Crippen LogP contribution in [0.25, 0.3) is 0 Å². The topological polar surface area (TPSA) is 0 Å². The van der Waals surface area contributed by atoms with E-state index in [0.29, 0.717) is 0 Å². The monoisotopic (exact) mass is 206 g/mol. The summed E-state index contributed by atoms with van der Waals surface area (Å²) in [5.41, 5.74) is 3.53. The Morgan fingerprint density at radius 3 is 2.36 bits per heavy atom. The molecule has 0 radical (unpaired) electrons. The average Bonchev–Trinajstić information content (AvgIpc) is 2.00. The number of rotatable bonds is 0. The smallest absolute Gasteiger partial charge is 0.0997 e. The Morgan fingerprint density at radius 1 is 1.21 bits per heavy atom. The van der Waals surface area contributed by atoms with E-state index in [2.05, 4.69) is 37.8 Å². The van der Waals surface area contributed by atoms with Crippen molar-refractivity contribution in [3.05, 3.63) is 34.9 Å². The van der Waals surface area contributed by atoms with Crippen molar-refractivity contribution in [3.8, 4) is 11.8 Å². The van der Waals surface area contributed by atoms with Gasteiger partial charge in [-0.3, -0.25) is 0 Å². The summed E-state index contributed by atoms with van der Waals surface area (Å²) in [5, 5.41) is 0. The lowest BCUT2D eigenvalue weighted by atomic mass is 10.1. The van der Waals surface area contributed by atoms with Crippen LogP contribution in [0.2, 0.25) is 0 Å². The minimum atomic E-state index is -0.447. The van der Waals surface area contributed by atoms with Crippen LogP contribution in [0.15, 0.2) is 18.2 Å². The molecule has 1 rings (SSSR count). The van der Waals surface area contributed by atoms with Crippen LogP contribution < -0.4 is 0 Å². The Morgan fingerprint density at radius 2 is 1.86 bits per heavy atom. The molecule has 0 saturated carbocycles. The van der Waals surface area contributed by atoms with E-state index in [9.17, 15) is 0 Å². The molecule has 0 heterocycles. The van der Waals surface area contributed by atoms with Crippen molar-refractivity contribution in [2.45, 2.75) is 32.6 Å². The van der Waals surface area contributed by atoms with Crippen molar-refractivity contribution >= 4 is 11.6 Å². The van der Waals surface area contributed by atoms with Crippen LogP contribution in [-0.2, 0) is 0 Å². The third-order valence-corrected chi connectivity index (χ3v) is 1.97. The zero-order valence-electron chi connectivity index (χ0n) is 9.11. The molecule has 74 valence electrons. The molecule has 1 aromatic carbocycles. The lowest BCUT2D eigenvalue weighted by molar-refractivity contribution is 0.917. The Bertz CT molecular complexity index is 386. The van der Waals surface area contributed by atoms with E-state index in [1.165, 1.54) is 11.1 Å². The number of alkyl halides is 1. The standard InChI is InChI=1S/C13H15Cl/c1-10-5-6-12(11(2)9-10)7-8-13(3,4)14/h5-6,9H,1-4H3. The van der Waals surface area contributed by atoms with Crippen molar-refractivity contribution < 1.29 is 0 Å². The summed E-state index contributed by atoms with van der Waals surface area (Å²) in [6, 6.07) is 6.24. The molecule has 0 amide bonds. The summed E-state index contributed by atoms with van der Waals surface area (Å²) in [6.07, 6.45) is 0. The maximum Gasteiger partial charge on any atom is 0.0997 e. The Labute approximate surface area is 91.3 Å². The molecule has 0 fully saturated rings. The van der Waals surface area contributed by atoms with Crippen LogP contribution >= 0.6 is 11.6 Å². The highest BCUT2D eigenvalue weighted by Gasteiger charge is 2.06. The maximum absolute atomic E-state index is 5.99. The van der Waals surface area contributed by atoms with Crippen molar-refractivity contribution in [1.82, 2.24) is 0 Å². The molecule has 0 spiro atoms. The molecule has 1 aromatic rings. The summed E-state index contributed by atoms with van der Waals surface area (Å²) >= 11 is 5.99. The molecule has 0 unspecified atom stereocenters. The van der Waals surface area contributed by atoms with E-state index in [4.69, 9.17) is 11.6 Å². The first kappa shape index (κ1) is 11.1. The molecule has 14 heavy (non-hydrogen) atoms. The second-order valence-electron chi connectivity index (χ2n) is 4.04. The summed E-state index contributed by atoms with van der Waals surface area (Å²) in [4.78, 5) is -0.447. The maximum atomic E-state index is 5.99. The molecule has 0 N–H and O–H groups in total. The third kappa shape index (κ3) is 3.44. The fraction of sp³-hybridized carbons (Fsp3) is 0.385. The SMILES string of the molecule is Cc1ccc(C#CC(C)(C)Cl)c(C)c1. The fourth-order valence-electron chi connectivity index (χ4n) is 1.17. The molecule has 0 aliphatic rings. The highest BCUT2D eigenvalue weighted by molar-refractivity contribution is 6.25. The lowest BCUT2D eigenvalue weighted by Gasteiger charge is -2.04. The van der Waals surface area contributed by atoms with Gasteiger partial charge in [-0.15, -0.1) is 11.6 Å². The molecular formula is C13H15Cl. The Kier molecular flexibility index (Phi) is 3.24. The fourth-order valence-corrected chi connectivity index (χ4v) is 1.22. The zero-order chi connectivity index (χ0) is 10.8. The van der Waals surface area contributed by atoms with Gasteiger partial charge in [-0.25, -0.2) is 0 Å². The molecule has 0 aliphatic heterocycles. The average molecular weight is 207 g/mol. The molecule has 0 aromatic heterocycles. The summed E-state index contributed by atoms with van der Waals surface area (Å²) < 4.78 is 0. The van der Waals surface area contributed by atoms with Gasteiger partial charge >= 0.3 is 0 Å². The van der Waals surface area contributed by atoms with Gasteiger partial charge in [0.1, 0.15) is 0 Å². The van der Waals surface area contributed by atoms with E-state index in [1.807, 2.05) is 19.9 Å². The van der Waals surface area contributed by atoms with Gasteiger partial charge in [0, 0.05) is 5.56 Å². The lowest BCUT2D eigenvalue weighted by Crippen LogP contribution is -2.04. The van der Waals surface area contributed by atoms with Crippen LogP contribution in [0.1, 0.15) is 30.5 Å². The highest BCUT2D eigenvalue weighted by atomic mass is 35.5. The predicted molar refractivity (Wildman–Crippen MR) is 62.7 cm³/mol. The first-order valence-corrected chi connectivity index (χ1v) is 5.05. The van der Waals surface area contributed by atoms with Crippen LogP contribution in [0, 0.1) is 25.7 Å². The second kappa shape index (κ2) is 4.07. The Balaban J connectivity index is 3.02. The van der Waals surface area contributed by atoms with Gasteiger partial charge < -0.3 is 0 Å². The first-order chi connectivity index (χ1) is 6.38. The van der Waals surface area contributed by atoms with Crippen molar-refractivity contribution in [2.75, 3.05) is 0 Å². The molecule has 0 aliphatic carbocycles. The Hall–Kier alpha value is -0.930. The molecular weight excluding hydrogens is 192 g/mol. The summed E-state index contributed by atoms with van der Waals surface area (Å²) in [5.74, 6) is 6.11. The second-order valence-corrected chi connectivity index (χ2v) is 4.99. The van der Waals surface area contributed by atoms with Crippen molar-refractivity contribution in [1.29, 1.82) is 0 Å². The van der Waals surface area contributed by atoms with Gasteiger partial charge in [0.25, 0.3) is 0 Å². The molecule has 0 bridgehead atoms. The van der Waals surface area contributed by atoms with E-state index in [1.54, 1.807) is 0 Å². The normalized spacial score (nSPS) is 10.6. The van der Waals surface area contributed by atoms with E-state index in [0.717, 1.165) is 5.56 Å². The number of hydrogen-bond donors (Lipinski definition) is 0. The zero-order valence-corrected chi connectivity index (χ0v) is 9.87. The van der Waals surface area contributed by atoms with Gasteiger partial charge in [0.15, 0.2) is 0 Å². The van der Waals surface area contributed by atoms with Gasteiger partial charge in [0.2, 0.25) is 0 Å². The van der Waals surface area contributed by atoms with Crippen molar-refractivity contribution in [3.63, 3.8) is 0 Å². The summed E-state index contributed by atoms with van der Waals surface area (Å²) in [7, 11) is 0. The third-order valence-electron chi connectivity index (χ3n) is 1.88. The molecule has 0 nitrogen and oxygen atoms in total. The first-order valence-electron chi connectivity index (χ1n) is 4.68. The van der Waals surface area contributed by atoms with Crippen molar-refractivity contribution in [2.24, 2.45) is 0 Å². The number of benzene rings is 1. The summed E-state index contributed by atoms with van der Waals surface area (Å²) in [6.45, 7) is 7.93. The predicted octanol–water partition coefficient (Wildman–Crippen LogP) is 3.67. The highest BCUT2D eigenvalue weighted by Crippen LogP contribution is 2.13. The largest absolute Gasteiger partial charge is 0.106 e. The van der Waals surface area contributed by atoms with Crippen LogP contribution in [0.4, 0.5) is 0 Å². The minimum absolute atomic E-state index is 0.447. The molecule has 0 saturated heterocycles. The van der Waals surface area contributed by atoms with E-state index in [-0.39, 0.29) is 0 Å².